The fourth-order valence-electron chi connectivity index (χ4n) is 2.14. The third kappa shape index (κ3) is 2.56. The van der Waals surface area contributed by atoms with Crippen LogP contribution >= 0.6 is 11.6 Å². The lowest BCUT2D eigenvalue weighted by molar-refractivity contribution is -0.133. The number of hydrogen-bond donors (Lipinski definition) is 1. The van der Waals surface area contributed by atoms with E-state index in [9.17, 15) is 14.0 Å². The summed E-state index contributed by atoms with van der Waals surface area (Å²) in [6.07, 6.45) is 0.483. The summed E-state index contributed by atoms with van der Waals surface area (Å²) in [5, 5.41) is 2.83. The lowest BCUT2D eigenvalue weighted by Crippen LogP contribution is -2.62. The number of carbonyl (C=O) groups excluding carboxylic acids is 2. The number of rotatable bonds is 2. The lowest BCUT2D eigenvalue weighted by atomic mass is 10.1. The van der Waals surface area contributed by atoms with Gasteiger partial charge in [0.15, 0.2) is 0 Å². The first kappa shape index (κ1) is 13.8. The Balaban J connectivity index is 2.44. The van der Waals surface area contributed by atoms with Crippen molar-refractivity contribution in [2.24, 2.45) is 0 Å². The number of halogens is 2. The number of hydrogen-bond acceptors (Lipinski definition) is 2. The molecule has 0 saturated carbocycles. The molecule has 2 amide bonds. The molecular weight excluding hydrogens is 271 g/mol. The maximum absolute atomic E-state index is 13.4. The predicted octanol–water partition coefficient (Wildman–Crippen LogP) is 2.11. The van der Waals surface area contributed by atoms with Crippen LogP contribution in [0.3, 0.4) is 0 Å². The van der Waals surface area contributed by atoms with Crippen molar-refractivity contribution in [2.45, 2.75) is 32.4 Å². The van der Waals surface area contributed by atoms with Crippen molar-refractivity contribution >= 4 is 29.1 Å². The summed E-state index contributed by atoms with van der Waals surface area (Å²) in [5.41, 5.74) is 0.302. The van der Waals surface area contributed by atoms with Crippen molar-refractivity contribution in [1.82, 2.24) is 5.32 Å². The van der Waals surface area contributed by atoms with Crippen LogP contribution in [0.1, 0.15) is 20.3 Å². The van der Waals surface area contributed by atoms with Gasteiger partial charge in [0.25, 0.3) is 0 Å². The molecule has 102 valence electrons. The second kappa shape index (κ2) is 5.17. The highest BCUT2D eigenvalue weighted by molar-refractivity contribution is 6.31. The number of carbonyl (C=O) groups is 2. The molecule has 1 heterocycles. The number of piperazine rings is 1. The van der Waals surface area contributed by atoms with Gasteiger partial charge in [-0.3, -0.25) is 14.5 Å². The fraction of sp³-hybridized carbons (Fsp3) is 0.385. The van der Waals surface area contributed by atoms with Gasteiger partial charge in [0.1, 0.15) is 17.9 Å². The smallest absolute Gasteiger partial charge is 0.250 e. The van der Waals surface area contributed by atoms with Crippen LogP contribution in [0.25, 0.3) is 0 Å². The van der Waals surface area contributed by atoms with Crippen LogP contribution in [0.4, 0.5) is 10.1 Å². The van der Waals surface area contributed by atoms with Crippen LogP contribution in [0.5, 0.6) is 0 Å². The van der Waals surface area contributed by atoms with E-state index < -0.39 is 17.9 Å². The minimum Gasteiger partial charge on any atom is -0.343 e. The Morgan fingerprint density at radius 3 is 2.63 bits per heavy atom. The van der Waals surface area contributed by atoms with E-state index in [1.807, 2.05) is 0 Å². The van der Waals surface area contributed by atoms with Crippen molar-refractivity contribution in [2.75, 3.05) is 4.90 Å². The van der Waals surface area contributed by atoms with Crippen molar-refractivity contribution < 1.29 is 14.0 Å². The zero-order chi connectivity index (χ0) is 14.2. The summed E-state index contributed by atoms with van der Waals surface area (Å²) in [5.74, 6) is -1.05. The minimum absolute atomic E-state index is 0.189. The summed E-state index contributed by atoms with van der Waals surface area (Å²) in [6.45, 7) is 3.40. The van der Waals surface area contributed by atoms with E-state index in [1.165, 1.54) is 17.0 Å². The minimum atomic E-state index is -0.687. The Hall–Kier alpha value is -1.62. The molecule has 1 N–H and O–H groups in total. The summed E-state index contributed by atoms with van der Waals surface area (Å²) in [6, 6.07) is 2.57. The summed E-state index contributed by atoms with van der Waals surface area (Å²) in [7, 11) is 0. The zero-order valence-electron chi connectivity index (χ0n) is 10.6. The Morgan fingerprint density at radius 2 is 2.05 bits per heavy atom. The Morgan fingerprint density at radius 1 is 1.37 bits per heavy atom. The molecule has 2 atom stereocenters. The van der Waals surface area contributed by atoms with Gasteiger partial charge in [-0.15, -0.1) is 0 Å². The Labute approximate surface area is 115 Å². The van der Waals surface area contributed by atoms with Gasteiger partial charge < -0.3 is 5.32 Å². The first-order valence-electron chi connectivity index (χ1n) is 6.03. The van der Waals surface area contributed by atoms with Gasteiger partial charge in [-0.1, -0.05) is 18.5 Å². The van der Waals surface area contributed by atoms with E-state index in [-0.39, 0.29) is 16.8 Å². The topological polar surface area (TPSA) is 49.4 Å². The molecule has 4 nitrogen and oxygen atoms in total. The largest absolute Gasteiger partial charge is 0.343 e. The highest BCUT2D eigenvalue weighted by atomic mass is 35.5. The van der Waals surface area contributed by atoms with E-state index in [1.54, 1.807) is 13.8 Å². The number of amides is 2. The van der Waals surface area contributed by atoms with Crippen molar-refractivity contribution in [3.63, 3.8) is 0 Å². The first-order chi connectivity index (χ1) is 8.93. The average Bonchev–Trinajstić information content (AvgIpc) is 2.33. The maximum Gasteiger partial charge on any atom is 0.250 e. The van der Waals surface area contributed by atoms with E-state index in [4.69, 9.17) is 11.6 Å². The zero-order valence-corrected chi connectivity index (χ0v) is 11.4. The first-order valence-corrected chi connectivity index (χ1v) is 6.41. The number of nitrogens with one attached hydrogen (secondary N) is 1. The Kier molecular flexibility index (Phi) is 3.75. The van der Waals surface area contributed by atoms with E-state index >= 15 is 0 Å². The summed E-state index contributed by atoms with van der Waals surface area (Å²) >= 11 is 5.79. The van der Waals surface area contributed by atoms with Crippen LogP contribution in [0, 0.1) is 5.82 Å². The van der Waals surface area contributed by atoms with E-state index in [0.29, 0.717) is 12.1 Å². The summed E-state index contributed by atoms with van der Waals surface area (Å²) < 4.78 is 13.4. The highest BCUT2D eigenvalue weighted by Crippen LogP contribution is 2.26. The molecule has 1 aliphatic heterocycles. The number of nitrogens with zero attached hydrogens (tertiary/aromatic N) is 1. The monoisotopic (exact) mass is 284 g/mol. The van der Waals surface area contributed by atoms with Gasteiger partial charge in [0, 0.05) is 10.7 Å². The molecule has 0 aromatic heterocycles. The maximum atomic E-state index is 13.4. The molecule has 0 aliphatic carbocycles. The highest BCUT2D eigenvalue weighted by Gasteiger charge is 2.38. The molecule has 1 fully saturated rings. The molecule has 2 rings (SSSR count). The van der Waals surface area contributed by atoms with Gasteiger partial charge >= 0.3 is 0 Å². The Bertz CT molecular complexity index is 515. The average molecular weight is 285 g/mol. The van der Waals surface area contributed by atoms with E-state index in [0.717, 1.165) is 6.07 Å². The van der Waals surface area contributed by atoms with Crippen molar-refractivity contribution in [3.05, 3.63) is 29.0 Å². The SMILES string of the molecule is CCC1NC(=O)C(C)N(c2cc(F)cc(Cl)c2)C1=O. The third-order valence-electron chi connectivity index (χ3n) is 3.15. The van der Waals surface area contributed by atoms with Gasteiger partial charge in [0.05, 0.1) is 0 Å². The summed E-state index contributed by atoms with van der Waals surface area (Å²) in [4.78, 5) is 25.4. The molecule has 6 heteroatoms. The second-order valence-electron chi connectivity index (χ2n) is 4.48. The van der Waals surface area contributed by atoms with Crippen LogP contribution in [0.15, 0.2) is 18.2 Å². The molecule has 1 aromatic carbocycles. The standard InChI is InChI=1S/C13H14ClFN2O2/c1-3-11-13(19)17(7(2)12(18)16-11)10-5-8(14)4-9(15)6-10/h4-7,11H,3H2,1-2H3,(H,16,18). The molecule has 1 saturated heterocycles. The van der Waals surface area contributed by atoms with Crippen LogP contribution < -0.4 is 10.2 Å². The van der Waals surface area contributed by atoms with Gasteiger partial charge in [0.2, 0.25) is 11.8 Å². The van der Waals surface area contributed by atoms with Gasteiger partial charge in [-0.2, -0.15) is 0 Å². The van der Waals surface area contributed by atoms with E-state index in [2.05, 4.69) is 5.32 Å². The van der Waals surface area contributed by atoms with Crippen LogP contribution in [-0.4, -0.2) is 23.9 Å². The van der Waals surface area contributed by atoms with Crippen molar-refractivity contribution in [1.29, 1.82) is 0 Å². The molecule has 0 bridgehead atoms. The lowest BCUT2D eigenvalue weighted by Gasteiger charge is -2.37. The van der Waals surface area contributed by atoms with Crippen LogP contribution in [-0.2, 0) is 9.59 Å². The van der Waals surface area contributed by atoms with Crippen molar-refractivity contribution in [3.8, 4) is 0 Å². The number of benzene rings is 1. The normalized spacial score (nSPS) is 23.5. The molecular formula is C13H14ClFN2O2. The third-order valence-corrected chi connectivity index (χ3v) is 3.37. The second-order valence-corrected chi connectivity index (χ2v) is 4.92. The van der Waals surface area contributed by atoms with Gasteiger partial charge in [-0.05, 0) is 31.5 Å². The quantitative estimate of drug-likeness (QED) is 0.904. The fourth-order valence-corrected chi connectivity index (χ4v) is 2.35. The molecule has 0 spiro atoms. The molecule has 1 aromatic rings. The molecule has 2 unspecified atom stereocenters. The van der Waals surface area contributed by atoms with Crippen LogP contribution in [0.2, 0.25) is 5.02 Å². The van der Waals surface area contributed by atoms with Gasteiger partial charge in [-0.25, -0.2) is 4.39 Å². The number of anilines is 1. The molecule has 0 radical (unpaired) electrons. The molecule has 1 aliphatic rings. The predicted molar refractivity (Wildman–Crippen MR) is 70.6 cm³/mol. The molecule has 19 heavy (non-hydrogen) atoms.